The van der Waals surface area contributed by atoms with Crippen molar-refractivity contribution in [2.45, 2.75) is 78.2 Å². The smallest absolute Gasteiger partial charge is 0.407 e. The fraction of sp³-hybridized carbons (Fsp3) is 0.773. The van der Waals surface area contributed by atoms with E-state index < -0.39 is 11.7 Å². The van der Waals surface area contributed by atoms with Gasteiger partial charge in [0.1, 0.15) is 5.60 Å². The zero-order valence-corrected chi connectivity index (χ0v) is 20.1. The molecule has 2 N–H and O–H groups in total. The summed E-state index contributed by atoms with van der Waals surface area (Å²) in [5, 5.41) is 9.41. The molecule has 1 saturated heterocycles. The Hall–Kier alpha value is -2.65. The zero-order valence-electron chi connectivity index (χ0n) is 20.1. The summed E-state index contributed by atoms with van der Waals surface area (Å²) in [7, 11) is 0. The SMILES string of the molecule is CC(C)(C)OC(=O)NCCNC(=O)C1CCCN(C(=O)CCc2nc(C(C)(C)C)no2)C1. The number of nitrogens with zero attached hydrogens (tertiary/aromatic N) is 3. The third-order valence-corrected chi connectivity index (χ3v) is 4.93. The highest BCUT2D eigenvalue weighted by molar-refractivity contribution is 5.81. The Morgan fingerprint density at radius 3 is 2.44 bits per heavy atom. The third-order valence-electron chi connectivity index (χ3n) is 4.93. The number of ether oxygens (including phenoxy) is 1. The molecule has 1 aliphatic rings. The fourth-order valence-corrected chi connectivity index (χ4v) is 3.26. The van der Waals surface area contributed by atoms with Crippen molar-refractivity contribution < 1.29 is 23.6 Å². The van der Waals surface area contributed by atoms with Gasteiger partial charge in [0, 0.05) is 44.4 Å². The minimum atomic E-state index is -0.566. The molecule has 1 unspecified atom stereocenters. The minimum Gasteiger partial charge on any atom is -0.444 e. The van der Waals surface area contributed by atoms with Crippen molar-refractivity contribution in [1.29, 1.82) is 0 Å². The number of hydrogen-bond donors (Lipinski definition) is 2. The van der Waals surface area contributed by atoms with Crippen LogP contribution in [0, 0.1) is 5.92 Å². The topological polar surface area (TPSA) is 127 Å². The average Bonchev–Trinajstić information content (AvgIpc) is 3.17. The number of rotatable bonds is 7. The van der Waals surface area contributed by atoms with Crippen molar-refractivity contribution in [3.8, 4) is 0 Å². The van der Waals surface area contributed by atoms with E-state index in [1.165, 1.54) is 0 Å². The van der Waals surface area contributed by atoms with E-state index in [0.29, 0.717) is 37.8 Å². The van der Waals surface area contributed by atoms with Crippen LogP contribution in [-0.2, 0) is 26.2 Å². The van der Waals surface area contributed by atoms with Crippen LogP contribution >= 0.6 is 0 Å². The molecule has 1 aromatic heterocycles. The molecule has 180 valence electrons. The maximum atomic E-state index is 12.6. The van der Waals surface area contributed by atoms with E-state index in [2.05, 4.69) is 20.8 Å². The predicted octanol–water partition coefficient (Wildman–Crippen LogP) is 2.18. The van der Waals surface area contributed by atoms with Crippen LogP contribution in [0.25, 0.3) is 0 Å². The van der Waals surface area contributed by atoms with E-state index >= 15 is 0 Å². The van der Waals surface area contributed by atoms with Gasteiger partial charge in [-0.3, -0.25) is 9.59 Å². The quantitative estimate of drug-likeness (QED) is 0.608. The molecule has 32 heavy (non-hydrogen) atoms. The molecule has 1 aliphatic heterocycles. The van der Waals surface area contributed by atoms with Gasteiger partial charge in [0.25, 0.3) is 0 Å². The number of amides is 3. The van der Waals surface area contributed by atoms with E-state index in [9.17, 15) is 14.4 Å². The first-order valence-corrected chi connectivity index (χ1v) is 11.2. The van der Waals surface area contributed by atoms with Crippen LogP contribution < -0.4 is 10.6 Å². The molecule has 0 aromatic carbocycles. The van der Waals surface area contributed by atoms with Crippen molar-refractivity contribution in [1.82, 2.24) is 25.7 Å². The number of piperidine rings is 1. The number of likely N-dealkylation sites (tertiary alicyclic amines) is 1. The Morgan fingerprint density at radius 2 is 1.81 bits per heavy atom. The summed E-state index contributed by atoms with van der Waals surface area (Å²) in [6.45, 7) is 13.0. The largest absolute Gasteiger partial charge is 0.444 e. The summed E-state index contributed by atoms with van der Waals surface area (Å²) in [5.41, 5.74) is -0.772. The first kappa shape index (κ1) is 25.6. The average molecular weight is 452 g/mol. The molecule has 0 saturated carbocycles. The first-order valence-electron chi connectivity index (χ1n) is 11.2. The summed E-state index contributed by atoms with van der Waals surface area (Å²) < 4.78 is 10.4. The van der Waals surface area contributed by atoms with E-state index in [4.69, 9.17) is 9.26 Å². The molecule has 1 atom stereocenters. The highest BCUT2D eigenvalue weighted by atomic mass is 16.6. The van der Waals surface area contributed by atoms with Crippen molar-refractivity contribution >= 4 is 17.9 Å². The lowest BCUT2D eigenvalue weighted by Gasteiger charge is -2.32. The highest BCUT2D eigenvalue weighted by Crippen LogP contribution is 2.20. The molecule has 0 aliphatic carbocycles. The molecule has 0 radical (unpaired) electrons. The van der Waals surface area contributed by atoms with Gasteiger partial charge in [-0.1, -0.05) is 25.9 Å². The van der Waals surface area contributed by atoms with E-state index in [1.54, 1.807) is 25.7 Å². The molecule has 10 heteroatoms. The monoisotopic (exact) mass is 451 g/mol. The fourth-order valence-electron chi connectivity index (χ4n) is 3.26. The normalized spacial score (nSPS) is 17.1. The molecule has 0 bridgehead atoms. The van der Waals surface area contributed by atoms with Gasteiger partial charge < -0.3 is 24.8 Å². The second kappa shape index (κ2) is 10.8. The summed E-state index contributed by atoms with van der Waals surface area (Å²) in [6, 6.07) is 0. The second-order valence-corrected chi connectivity index (χ2v) is 10.2. The van der Waals surface area contributed by atoms with Gasteiger partial charge in [-0.15, -0.1) is 0 Å². The maximum Gasteiger partial charge on any atom is 0.407 e. The second-order valence-electron chi connectivity index (χ2n) is 10.2. The molecular weight excluding hydrogens is 414 g/mol. The van der Waals surface area contributed by atoms with E-state index in [0.717, 1.165) is 12.8 Å². The summed E-state index contributed by atoms with van der Waals surface area (Å²) in [5.74, 6) is 0.679. The zero-order chi connectivity index (χ0) is 23.9. The van der Waals surface area contributed by atoms with Crippen molar-refractivity contribution in [2.24, 2.45) is 5.92 Å². The van der Waals surface area contributed by atoms with Crippen LogP contribution in [-0.4, -0.2) is 64.7 Å². The molecule has 2 heterocycles. The van der Waals surface area contributed by atoms with Gasteiger partial charge in [-0.05, 0) is 33.6 Å². The van der Waals surface area contributed by atoms with Crippen LogP contribution in [0.5, 0.6) is 0 Å². The number of aryl methyl sites for hydroxylation is 1. The van der Waals surface area contributed by atoms with Crippen molar-refractivity contribution in [3.63, 3.8) is 0 Å². The lowest BCUT2D eigenvalue weighted by atomic mass is 9.96. The summed E-state index contributed by atoms with van der Waals surface area (Å²) in [4.78, 5) is 42.9. The van der Waals surface area contributed by atoms with Crippen molar-refractivity contribution in [3.05, 3.63) is 11.7 Å². The Balaban J connectivity index is 1.72. The lowest BCUT2D eigenvalue weighted by molar-refractivity contribution is -0.135. The molecule has 2 rings (SSSR count). The molecule has 0 spiro atoms. The maximum absolute atomic E-state index is 12.6. The molecule has 1 aromatic rings. The van der Waals surface area contributed by atoms with E-state index in [-0.39, 0.29) is 36.1 Å². The summed E-state index contributed by atoms with van der Waals surface area (Å²) >= 11 is 0. The molecule has 1 fully saturated rings. The minimum absolute atomic E-state index is 0.0235. The Morgan fingerprint density at radius 1 is 1.12 bits per heavy atom. The first-order chi connectivity index (χ1) is 14.8. The Labute approximate surface area is 189 Å². The molecule has 3 amide bonds. The van der Waals surface area contributed by atoms with Gasteiger partial charge >= 0.3 is 6.09 Å². The van der Waals surface area contributed by atoms with Crippen molar-refractivity contribution in [2.75, 3.05) is 26.2 Å². The predicted molar refractivity (Wildman–Crippen MR) is 118 cm³/mol. The Kier molecular flexibility index (Phi) is 8.63. The summed E-state index contributed by atoms with van der Waals surface area (Å²) in [6.07, 6.45) is 1.63. The number of carbonyl (C=O) groups is 3. The van der Waals surface area contributed by atoms with Gasteiger partial charge in [0.15, 0.2) is 5.82 Å². The standard InChI is InChI=1S/C22H37N5O5/c1-21(2,3)19-25-16(32-26-19)9-10-17(28)27-13-7-8-15(14-27)18(29)23-11-12-24-20(30)31-22(4,5)6/h15H,7-14H2,1-6H3,(H,23,29)(H,24,30). The van der Waals surface area contributed by atoms with Crippen LogP contribution in [0.2, 0.25) is 0 Å². The van der Waals surface area contributed by atoms with Crippen LogP contribution in [0.3, 0.4) is 0 Å². The lowest BCUT2D eigenvalue weighted by Crippen LogP contribution is -2.46. The number of nitrogens with one attached hydrogen (secondary N) is 2. The van der Waals surface area contributed by atoms with Crippen LogP contribution in [0.1, 0.15) is 72.5 Å². The number of aromatic nitrogens is 2. The van der Waals surface area contributed by atoms with Gasteiger partial charge in [0.05, 0.1) is 5.92 Å². The number of hydrogen-bond acceptors (Lipinski definition) is 7. The third kappa shape index (κ3) is 8.47. The Bertz CT molecular complexity index is 793. The molecular formula is C22H37N5O5. The highest BCUT2D eigenvalue weighted by Gasteiger charge is 2.28. The van der Waals surface area contributed by atoms with Gasteiger partial charge in [-0.2, -0.15) is 4.98 Å². The van der Waals surface area contributed by atoms with Crippen LogP contribution in [0.4, 0.5) is 4.79 Å². The van der Waals surface area contributed by atoms with E-state index in [1.807, 2.05) is 20.8 Å². The number of alkyl carbamates (subject to hydrolysis) is 1. The molecule has 10 nitrogen and oxygen atoms in total. The van der Waals surface area contributed by atoms with Gasteiger partial charge in [0.2, 0.25) is 17.7 Å². The van der Waals surface area contributed by atoms with Gasteiger partial charge in [-0.25, -0.2) is 4.79 Å². The number of carbonyl (C=O) groups excluding carboxylic acids is 3. The van der Waals surface area contributed by atoms with Crippen LogP contribution in [0.15, 0.2) is 4.52 Å².